The Bertz CT molecular complexity index is 578. The van der Waals surface area contributed by atoms with Crippen molar-refractivity contribution in [3.8, 4) is 0 Å². The maximum atomic E-state index is 12.5. The fourth-order valence-electron chi connectivity index (χ4n) is 2.08. The predicted molar refractivity (Wildman–Crippen MR) is 71.7 cm³/mol. The lowest BCUT2D eigenvalue weighted by Crippen LogP contribution is -2.46. The maximum Gasteiger partial charge on any atom is 0.243 e. The largest absolute Gasteiger partial charge is 0.298 e. The van der Waals surface area contributed by atoms with Crippen molar-refractivity contribution in [1.29, 1.82) is 0 Å². The van der Waals surface area contributed by atoms with Crippen LogP contribution in [0.4, 0.5) is 0 Å². The Morgan fingerprint density at radius 3 is 2.22 bits per heavy atom. The first-order valence-corrected chi connectivity index (χ1v) is 7.81. The molecule has 1 fully saturated rings. The molecule has 1 heterocycles. The van der Waals surface area contributed by atoms with Crippen molar-refractivity contribution in [3.63, 3.8) is 0 Å². The molecule has 2 rings (SSSR count). The molecule has 0 saturated carbocycles. The topological polar surface area (TPSA) is 54.5 Å². The Labute approximate surface area is 115 Å². The summed E-state index contributed by atoms with van der Waals surface area (Å²) in [6, 6.07) is 6.44. The van der Waals surface area contributed by atoms with Gasteiger partial charge in [-0.2, -0.15) is 4.31 Å². The maximum absolute atomic E-state index is 12.5. The van der Waals surface area contributed by atoms with Crippen molar-refractivity contribution >= 4 is 31.7 Å². The summed E-state index contributed by atoms with van der Waals surface area (Å²) in [5.41, 5.74) is -0.952. The van der Waals surface area contributed by atoms with Gasteiger partial charge >= 0.3 is 0 Å². The summed E-state index contributed by atoms with van der Waals surface area (Å²) < 4.78 is 27.0. The van der Waals surface area contributed by atoms with Gasteiger partial charge in [0.05, 0.1) is 10.4 Å². The van der Waals surface area contributed by atoms with Crippen LogP contribution in [-0.2, 0) is 14.8 Å². The highest BCUT2D eigenvalue weighted by atomic mass is 79.9. The number of nitrogens with zero attached hydrogens (tertiary/aromatic N) is 1. The molecular formula is C12H14BrNO3S. The highest BCUT2D eigenvalue weighted by molar-refractivity contribution is 9.10. The van der Waals surface area contributed by atoms with Crippen LogP contribution in [0.2, 0.25) is 0 Å². The average Bonchev–Trinajstić information content (AvgIpc) is 2.55. The van der Waals surface area contributed by atoms with E-state index in [2.05, 4.69) is 15.9 Å². The van der Waals surface area contributed by atoms with E-state index in [1.165, 1.54) is 16.4 Å². The molecule has 18 heavy (non-hydrogen) atoms. The lowest BCUT2D eigenvalue weighted by atomic mass is 10.0. The van der Waals surface area contributed by atoms with Crippen LogP contribution in [0.25, 0.3) is 0 Å². The first kappa shape index (κ1) is 13.7. The minimum atomic E-state index is -3.60. The molecule has 1 saturated heterocycles. The molecule has 4 nitrogen and oxygen atoms in total. The van der Waals surface area contributed by atoms with Gasteiger partial charge in [0.25, 0.3) is 0 Å². The Morgan fingerprint density at radius 2 is 1.78 bits per heavy atom. The van der Waals surface area contributed by atoms with E-state index in [9.17, 15) is 13.2 Å². The van der Waals surface area contributed by atoms with E-state index in [0.29, 0.717) is 0 Å². The average molecular weight is 332 g/mol. The fraction of sp³-hybridized carbons (Fsp3) is 0.417. The lowest BCUT2D eigenvalue weighted by molar-refractivity contribution is -0.122. The molecular weight excluding hydrogens is 318 g/mol. The minimum Gasteiger partial charge on any atom is -0.298 e. The molecule has 1 aromatic rings. The molecule has 1 aliphatic rings. The zero-order valence-electron chi connectivity index (χ0n) is 10.2. The van der Waals surface area contributed by atoms with Crippen LogP contribution < -0.4 is 0 Å². The van der Waals surface area contributed by atoms with Gasteiger partial charge in [0.15, 0.2) is 5.78 Å². The Balaban J connectivity index is 2.44. The lowest BCUT2D eigenvalue weighted by Gasteiger charge is -2.28. The monoisotopic (exact) mass is 331 g/mol. The third kappa shape index (κ3) is 2.13. The van der Waals surface area contributed by atoms with Gasteiger partial charge in [-0.15, -0.1) is 0 Å². The molecule has 0 atom stereocenters. The van der Waals surface area contributed by atoms with E-state index in [0.717, 1.165) is 4.47 Å². The third-order valence-electron chi connectivity index (χ3n) is 3.25. The van der Waals surface area contributed by atoms with Gasteiger partial charge in [0, 0.05) is 17.4 Å². The highest BCUT2D eigenvalue weighted by Crippen LogP contribution is 2.31. The molecule has 0 N–H and O–H groups in total. The first-order valence-electron chi connectivity index (χ1n) is 5.58. The molecule has 6 heteroatoms. The standard InChI is InChI=1S/C12H14BrNO3S/c1-12(2)11(15)7-8-14(12)18(16,17)10-5-3-9(13)4-6-10/h3-6H,7-8H2,1-2H3. The van der Waals surface area contributed by atoms with Crippen LogP contribution in [0.1, 0.15) is 20.3 Å². The molecule has 0 spiro atoms. The highest BCUT2D eigenvalue weighted by Gasteiger charge is 2.46. The van der Waals surface area contributed by atoms with Gasteiger partial charge in [-0.05, 0) is 38.1 Å². The Hall–Kier alpha value is -0.720. The van der Waals surface area contributed by atoms with Crippen molar-refractivity contribution in [3.05, 3.63) is 28.7 Å². The van der Waals surface area contributed by atoms with Gasteiger partial charge < -0.3 is 0 Å². The quantitative estimate of drug-likeness (QED) is 0.834. The van der Waals surface area contributed by atoms with Crippen LogP contribution >= 0.6 is 15.9 Å². The van der Waals surface area contributed by atoms with Crippen LogP contribution in [0, 0.1) is 0 Å². The number of Topliss-reactive ketones (excluding diaryl/α,β-unsaturated/α-hetero) is 1. The molecule has 1 aromatic carbocycles. The van der Waals surface area contributed by atoms with E-state index < -0.39 is 15.6 Å². The minimum absolute atomic E-state index is 0.0387. The zero-order valence-corrected chi connectivity index (χ0v) is 12.6. The molecule has 0 radical (unpaired) electrons. The molecule has 0 aliphatic carbocycles. The molecule has 0 aromatic heterocycles. The predicted octanol–water partition coefficient (Wildman–Crippen LogP) is 2.19. The summed E-state index contributed by atoms with van der Waals surface area (Å²) in [6.45, 7) is 3.56. The van der Waals surface area contributed by atoms with Gasteiger partial charge in [0.2, 0.25) is 10.0 Å². The van der Waals surface area contributed by atoms with Gasteiger partial charge in [0.1, 0.15) is 0 Å². The summed E-state index contributed by atoms with van der Waals surface area (Å²) in [5, 5.41) is 0. The van der Waals surface area contributed by atoms with Crippen LogP contribution in [0.15, 0.2) is 33.6 Å². The van der Waals surface area contributed by atoms with E-state index >= 15 is 0 Å². The molecule has 0 amide bonds. The van der Waals surface area contributed by atoms with Crippen molar-refractivity contribution in [2.45, 2.75) is 30.7 Å². The Kier molecular flexibility index (Phi) is 3.38. The molecule has 0 unspecified atom stereocenters. The molecule has 98 valence electrons. The summed E-state index contributed by atoms with van der Waals surface area (Å²) in [5.74, 6) is -0.0387. The van der Waals surface area contributed by atoms with Crippen molar-refractivity contribution < 1.29 is 13.2 Å². The third-order valence-corrected chi connectivity index (χ3v) is 5.87. The molecule has 1 aliphatic heterocycles. The van der Waals surface area contributed by atoms with Crippen molar-refractivity contribution in [2.24, 2.45) is 0 Å². The van der Waals surface area contributed by atoms with Gasteiger partial charge in [-0.3, -0.25) is 4.79 Å². The zero-order chi connectivity index (χ0) is 13.6. The number of hydrogen-bond donors (Lipinski definition) is 0. The fourth-order valence-corrected chi connectivity index (χ4v) is 4.12. The van der Waals surface area contributed by atoms with Crippen LogP contribution in [0.5, 0.6) is 0 Å². The SMILES string of the molecule is CC1(C)C(=O)CCN1S(=O)(=O)c1ccc(Br)cc1. The number of halogens is 1. The molecule has 0 bridgehead atoms. The summed E-state index contributed by atoms with van der Waals surface area (Å²) >= 11 is 3.27. The van der Waals surface area contributed by atoms with Crippen molar-refractivity contribution in [1.82, 2.24) is 4.31 Å². The normalized spacial score (nSPS) is 20.3. The summed E-state index contributed by atoms with van der Waals surface area (Å²) in [4.78, 5) is 11.9. The van der Waals surface area contributed by atoms with Crippen molar-refractivity contribution in [2.75, 3.05) is 6.54 Å². The van der Waals surface area contributed by atoms with Crippen LogP contribution in [-0.4, -0.2) is 30.6 Å². The number of benzene rings is 1. The first-order chi connectivity index (χ1) is 8.26. The van der Waals surface area contributed by atoms with E-state index in [-0.39, 0.29) is 23.6 Å². The second-order valence-corrected chi connectivity index (χ2v) is 7.54. The summed E-state index contributed by atoms with van der Waals surface area (Å²) in [6.07, 6.45) is 0.281. The number of carbonyl (C=O) groups excluding carboxylic acids is 1. The smallest absolute Gasteiger partial charge is 0.243 e. The number of ketones is 1. The Morgan fingerprint density at radius 1 is 1.22 bits per heavy atom. The number of rotatable bonds is 2. The van der Waals surface area contributed by atoms with Gasteiger partial charge in [-0.1, -0.05) is 15.9 Å². The number of sulfonamides is 1. The summed E-state index contributed by atoms with van der Waals surface area (Å²) in [7, 11) is -3.60. The second kappa shape index (κ2) is 4.43. The van der Waals surface area contributed by atoms with Gasteiger partial charge in [-0.25, -0.2) is 8.42 Å². The van der Waals surface area contributed by atoms with E-state index in [1.807, 2.05) is 0 Å². The van der Waals surface area contributed by atoms with Crippen LogP contribution in [0.3, 0.4) is 0 Å². The number of hydrogen-bond acceptors (Lipinski definition) is 3. The number of carbonyl (C=O) groups is 1. The van der Waals surface area contributed by atoms with E-state index in [4.69, 9.17) is 0 Å². The van der Waals surface area contributed by atoms with E-state index in [1.54, 1.807) is 26.0 Å². The second-order valence-electron chi connectivity index (χ2n) is 4.76.